The number of aromatic nitrogens is 2. The van der Waals surface area contributed by atoms with Gasteiger partial charge in [-0.05, 0) is 48.8 Å². The van der Waals surface area contributed by atoms with Crippen LogP contribution in [0.3, 0.4) is 0 Å². The Morgan fingerprint density at radius 1 is 0.692 bits per heavy atom. The van der Waals surface area contributed by atoms with Gasteiger partial charge in [0.2, 0.25) is 0 Å². The van der Waals surface area contributed by atoms with Crippen molar-refractivity contribution in [2.75, 3.05) is 6.61 Å². The summed E-state index contributed by atoms with van der Waals surface area (Å²) < 4.78 is 6.28. The summed E-state index contributed by atoms with van der Waals surface area (Å²) in [6.07, 6.45) is 32.3. The molecular formula is C36H58N2O. The maximum atomic E-state index is 6.28. The molecule has 0 unspecified atom stereocenters. The van der Waals surface area contributed by atoms with Crippen molar-refractivity contribution in [3.63, 3.8) is 0 Å². The minimum Gasteiger partial charge on any atom is -0.493 e. The molecule has 1 aromatic carbocycles. The van der Waals surface area contributed by atoms with Gasteiger partial charge < -0.3 is 4.74 Å². The first kappa shape index (κ1) is 31.6. The SMILES string of the molecule is CCCCCCCCCOc1ccccc1-c1ncncc1CCC1CCC(CCCCCCCCC)CC1. The van der Waals surface area contributed by atoms with Crippen LogP contribution >= 0.6 is 0 Å². The Hall–Kier alpha value is -1.90. The number of ether oxygens (including phenoxy) is 1. The van der Waals surface area contributed by atoms with Gasteiger partial charge in [-0.1, -0.05) is 142 Å². The van der Waals surface area contributed by atoms with E-state index in [-0.39, 0.29) is 0 Å². The van der Waals surface area contributed by atoms with Gasteiger partial charge in [-0.3, -0.25) is 0 Å². The first-order chi connectivity index (χ1) is 19.3. The molecule has 0 spiro atoms. The summed E-state index contributed by atoms with van der Waals surface area (Å²) >= 11 is 0. The zero-order valence-corrected chi connectivity index (χ0v) is 25.5. The molecule has 0 bridgehead atoms. The van der Waals surface area contributed by atoms with Gasteiger partial charge in [0.25, 0.3) is 0 Å². The normalized spacial score (nSPS) is 17.4. The van der Waals surface area contributed by atoms with Crippen molar-refractivity contribution in [2.24, 2.45) is 11.8 Å². The second-order valence-electron chi connectivity index (χ2n) is 12.2. The number of para-hydroxylation sites is 1. The molecule has 1 aromatic heterocycles. The van der Waals surface area contributed by atoms with Crippen molar-refractivity contribution in [3.05, 3.63) is 42.4 Å². The predicted molar refractivity (Wildman–Crippen MR) is 167 cm³/mol. The number of hydrogen-bond donors (Lipinski definition) is 0. The highest BCUT2D eigenvalue weighted by Crippen LogP contribution is 2.36. The monoisotopic (exact) mass is 534 g/mol. The number of aryl methyl sites for hydroxylation is 1. The molecule has 0 atom stereocenters. The fraction of sp³-hybridized carbons (Fsp3) is 0.722. The molecule has 0 aliphatic heterocycles. The molecular weight excluding hydrogens is 476 g/mol. The lowest BCUT2D eigenvalue weighted by Gasteiger charge is -2.28. The summed E-state index contributed by atoms with van der Waals surface area (Å²) in [4.78, 5) is 9.15. The van der Waals surface area contributed by atoms with Gasteiger partial charge in [0.1, 0.15) is 12.1 Å². The van der Waals surface area contributed by atoms with Crippen LogP contribution < -0.4 is 4.74 Å². The van der Waals surface area contributed by atoms with E-state index >= 15 is 0 Å². The van der Waals surface area contributed by atoms with Crippen LogP contribution in [0.5, 0.6) is 5.75 Å². The molecule has 2 aromatic rings. The fourth-order valence-electron chi connectivity index (χ4n) is 6.37. The predicted octanol–water partition coefficient (Wildman–Crippen LogP) is 11.2. The van der Waals surface area contributed by atoms with E-state index in [4.69, 9.17) is 9.72 Å². The largest absolute Gasteiger partial charge is 0.493 e. The summed E-state index contributed by atoms with van der Waals surface area (Å²) in [6, 6.07) is 8.46. The highest BCUT2D eigenvalue weighted by atomic mass is 16.5. The van der Waals surface area contributed by atoms with Gasteiger partial charge in [0.05, 0.1) is 12.3 Å². The molecule has 0 N–H and O–H groups in total. The second kappa shape index (κ2) is 20.0. The molecule has 1 saturated carbocycles. The Bertz CT molecular complexity index is 874. The van der Waals surface area contributed by atoms with Gasteiger partial charge in [-0.2, -0.15) is 0 Å². The van der Waals surface area contributed by atoms with Crippen LogP contribution in [0.15, 0.2) is 36.8 Å². The number of benzene rings is 1. The summed E-state index contributed by atoms with van der Waals surface area (Å²) in [5, 5.41) is 0. The van der Waals surface area contributed by atoms with E-state index < -0.39 is 0 Å². The molecule has 3 heteroatoms. The Morgan fingerprint density at radius 3 is 1.97 bits per heavy atom. The number of rotatable bonds is 21. The molecule has 1 aliphatic carbocycles. The fourth-order valence-corrected chi connectivity index (χ4v) is 6.37. The van der Waals surface area contributed by atoms with E-state index in [1.165, 1.54) is 128 Å². The lowest BCUT2D eigenvalue weighted by Crippen LogP contribution is -2.15. The molecule has 1 aliphatic rings. The van der Waals surface area contributed by atoms with Crippen molar-refractivity contribution in [1.29, 1.82) is 0 Å². The Kier molecular flexibility index (Phi) is 16.3. The van der Waals surface area contributed by atoms with Gasteiger partial charge >= 0.3 is 0 Å². The molecule has 0 amide bonds. The minimum atomic E-state index is 0.785. The Balaban J connectivity index is 1.40. The third-order valence-corrected chi connectivity index (χ3v) is 8.94. The number of nitrogens with zero attached hydrogens (tertiary/aromatic N) is 2. The van der Waals surface area contributed by atoms with Crippen LogP contribution in [0.4, 0.5) is 0 Å². The standard InChI is InChI=1S/C36H58N2O/c1-3-5-7-9-11-13-15-19-31-22-24-32(25-23-31)26-27-33-29-37-30-38-36(33)34-20-16-17-21-35(34)39-28-18-14-12-10-8-6-4-2/h16-17,20-21,29-32H,3-15,18-19,22-28H2,1-2H3. The van der Waals surface area contributed by atoms with Crippen LogP contribution in [-0.2, 0) is 6.42 Å². The van der Waals surface area contributed by atoms with Crippen LogP contribution in [-0.4, -0.2) is 16.6 Å². The highest BCUT2D eigenvalue weighted by molar-refractivity contribution is 5.69. The topological polar surface area (TPSA) is 35.0 Å². The highest BCUT2D eigenvalue weighted by Gasteiger charge is 2.21. The van der Waals surface area contributed by atoms with Crippen molar-refractivity contribution >= 4 is 0 Å². The quantitative estimate of drug-likeness (QED) is 0.149. The van der Waals surface area contributed by atoms with Crippen LogP contribution in [0, 0.1) is 11.8 Å². The average Bonchev–Trinajstić information content (AvgIpc) is 2.98. The van der Waals surface area contributed by atoms with Gasteiger partial charge in [0.15, 0.2) is 0 Å². The molecule has 0 radical (unpaired) electrons. The summed E-state index contributed by atoms with van der Waals surface area (Å²) in [5.74, 6) is 2.80. The summed E-state index contributed by atoms with van der Waals surface area (Å²) in [5.41, 5.74) is 3.46. The lowest BCUT2D eigenvalue weighted by molar-refractivity contribution is 0.248. The molecule has 1 heterocycles. The van der Waals surface area contributed by atoms with Gasteiger partial charge in [0, 0.05) is 11.8 Å². The van der Waals surface area contributed by atoms with E-state index in [1.807, 2.05) is 6.20 Å². The van der Waals surface area contributed by atoms with E-state index in [9.17, 15) is 0 Å². The number of unbranched alkanes of at least 4 members (excludes halogenated alkanes) is 12. The number of hydrogen-bond acceptors (Lipinski definition) is 3. The van der Waals surface area contributed by atoms with E-state index in [0.717, 1.165) is 48.3 Å². The van der Waals surface area contributed by atoms with E-state index in [2.05, 4.69) is 43.1 Å². The van der Waals surface area contributed by atoms with Crippen molar-refractivity contribution < 1.29 is 4.74 Å². The summed E-state index contributed by atoms with van der Waals surface area (Å²) in [7, 11) is 0. The van der Waals surface area contributed by atoms with Crippen LogP contribution in [0.1, 0.15) is 148 Å². The first-order valence-corrected chi connectivity index (χ1v) is 16.8. The lowest BCUT2D eigenvalue weighted by atomic mass is 9.77. The minimum absolute atomic E-state index is 0.785. The second-order valence-corrected chi connectivity index (χ2v) is 12.2. The zero-order valence-electron chi connectivity index (χ0n) is 25.5. The molecule has 3 rings (SSSR count). The molecule has 1 fully saturated rings. The molecule has 218 valence electrons. The maximum Gasteiger partial charge on any atom is 0.128 e. The van der Waals surface area contributed by atoms with Gasteiger partial charge in [-0.25, -0.2) is 9.97 Å². The molecule has 0 saturated heterocycles. The third kappa shape index (κ3) is 12.4. The maximum absolute atomic E-state index is 6.28. The smallest absolute Gasteiger partial charge is 0.128 e. The Labute approximate surface area is 241 Å². The van der Waals surface area contributed by atoms with E-state index in [1.54, 1.807) is 6.33 Å². The third-order valence-electron chi connectivity index (χ3n) is 8.94. The van der Waals surface area contributed by atoms with Crippen molar-refractivity contribution in [3.8, 4) is 17.0 Å². The van der Waals surface area contributed by atoms with Crippen LogP contribution in [0.2, 0.25) is 0 Å². The first-order valence-electron chi connectivity index (χ1n) is 16.8. The van der Waals surface area contributed by atoms with Gasteiger partial charge in [-0.15, -0.1) is 0 Å². The van der Waals surface area contributed by atoms with Crippen molar-refractivity contribution in [1.82, 2.24) is 9.97 Å². The van der Waals surface area contributed by atoms with E-state index in [0.29, 0.717) is 0 Å². The molecule has 39 heavy (non-hydrogen) atoms. The Morgan fingerprint density at radius 2 is 1.28 bits per heavy atom. The zero-order chi connectivity index (χ0) is 27.4. The van der Waals surface area contributed by atoms with Crippen molar-refractivity contribution in [2.45, 2.75) is 149 Å². The van der Waals surface area contributed by atoms with Crippen LogP contribution in [0.25, 0.3) is 11.3 Å². The summed E-state index contributed by atoms with van der Waals surface area (Å²) in [6.45, 7) is 5.36. The molecule has 3 nitrogen and oxygen atoms in total. The average molecular weight is 535 g/mol.